The molecule has 6 aliphatic rings. The second-order valence-electron chi connectivity index (χ2n) is 11.9. The lowest BCUT2D eigenvalue weighted by atomic mass is 9.48. The van der Waals surface area contributed by atoms with Gasteiger partial charge < -0.3 is 14.9 Å². The van der Waals surface area contributed by atoms with Crippen LogP contribution in [-0.2, 0) is 11.8 Å². The molecule has 2 saturated carbocycles. The van der Waals surface area contributed by atoms with Gasteiger partial charge in [-0.2, -0.15) is 0 Å². The van der Waals surface area contributed by atoms with Gasteiger partial charge in [0.1, 0.15) is 6.10 Å². The molecule has 8 rings (SSSR count). The minimum absolute atomic E-state index is 0.0358. The number of rotatable bonds is 3. The number of fused-ring (bicyclic) bond motifs is 1. The molecule has 2 aromatic rings. The van der Waals surface area contributed by atoms with E-state index in [-0.39, 0.29) is 23.6 Å². The van der Waals surface area contributed by atoms with E-state index in [2.05, 4.69) is 4.90 Å². The number of benzene rings is 2. The zero-order valence-corrected chi connectivity index (χ0v) is 20.4. The number of carbonyl (C=O) groups excluding carboxylic acids is 2. The van der Waals surface area contributed by atoms with Gasteiger partial charge in [-0.15, -0.1) is 0 Å². The first-order chi connectivity index (χ1) is 17.3. The lowest BCUT2D eigenvalue weighted by molar-refractivity contribution is -0.196. The van der Waals surface area contributed by atoms with Crippen LogP contribution in [0.25, 0.3) is 0 Å². The van der Waals surface area contributed by atoms with Crippen LogP contribution in [0, 0.1) is 12.8 Å². The molecular weight excluding hydrogens is 456 g/mol. The molecule has 3 fully saturated rings. The number of amides is 2. The molecule has 0 aromatic heterocycles. The maximum absolute atomic E-state index is 13.7. The van der Waals surface area contributed by atoms with E-state index in [0.29, 0.717) is 42.1 Å². The third-order valence-electron chi connectivity index (χ3n) is 10.2. The van der Waals surface area contributed by atoms with E-state index in [1.165, 1.54) is 17.7 Å². The normalized spacial score (nSPS) is 36.1. The Balaban J connectivity index is 1.28. The Morgan fingerprint density at radius 2 is 1.92 bits per heavy atom. The van der Waals surface area contributed by atoms with Crippen molar-refractivity contribution in [3.8, 4) is 11.5 Å². The van der Waals surface area contributed by atoms with Crippen molar-refractivity contribution >= 4 is 11.8 Å². The summed E-state index contributed by atoms with van der Waals surface area (Å²) < 4.78 is 6.58. The van der Waals surface area contributed by atoms with Gasteiger partial charge in [0.05, 0.1) is 28.2 Å². The first-order valence-corrected chi connectivity index (χ1v) is 13.3. The van der Waals surface area contributed by atoms with Crippen LogP contribution in [0.1, 0.15) is 69.5 Å². The molecule has 7 heteroatoms. The van der Waals surface area contributed by atoms with Gasteiger partial charge in [0, 0.05) is 18.2 Å². The summed E-state index contributed by atoms with van der Waals surface area (Å²) in [5.41, 5.74) is 1.93. The second-order valence-corrected chi connectivity index (χ2v) is 11.9. The SMILES string of the molecule is Cc1cccc2c1C(=O)N(C1CC[C@@]3(O)[C@H]4Cc5ccc(O)c6c5[C@@]3(CCN4CC3CC3)C1O6)C2=O. The van der Waals surface area contributed by atoms with E-state index in [9.17, 15) is 19.8 Å². The fourth-order valence-corrected chi connectivity index (χ4v) is 8.49. The number of piperidine rings is 1. The molecule has 7 nitrogen and oxygen atoms in total. The average molecular weight is 487 g/mol. The minimum Gasteiger partial charge on any atom is -0.504 e. The Kier molecular flexibility index (Phi) is 3.94. The summed E-state index contributed by atoms with van der Waals surface area (Å²) in [5, 5.41) is 23.5. The number of likely N-dealkylation sites (tertiary alicyclic amines) is 1. The summed E-state index contributed by atoms with van der Waals surface area (Å²) in [7, 11) is 0. The highest BCUT2D eigenvalue weighted by Gasteiger charge is 2.74. The van der Waals surface area contributed by atoms with Crippen LogP contribution < -0.4 is 4.74 Å². The lowest BCUT2D eigenvalue weighted by Crippen LogP contribution is -2.78. The maximum atomic E-state index is 13.7. The Morgan fingerprint density at radius 3 is 2.69 bits per heavy atom. The number of aryl methyl sites for hydroxylation is 1. The van der Waals surface area contributed by atoms with E-state index in [1.54, 1.807) is 12.1 Å². The standard InChI is InChI=1S/C29H30N2O5/c1-15-3-2-4-18-22(15)27(34)31(26(18)33)19-9-10-29(35)21-13-17-7-8-20(32)24-23(17)28(29,25(19)36-24)11-12-30(21)14-16-5-6-16/h2-4,7-8,16,19,21,25,32,35H,5-6,9-14H2,1H3/t19?,21-,25?,28+,29-/m1/s1. The number of hydrogen-bond acceptors (Lipinski definition) is 6. The van der Waals surface area contributed by atoms with Crippen molar-refractivity contribution in [3.05, 3.63) is 58.1 Å². The molecule has 2 amide bonds. The fraction of sp³-hybridized carbons (Fsp3) is 0.517. The van der Waals surface area contributed by atoms with Gasteiger partial charge in [-0.05, 0) is 81.2 Å². The molecule has 5 atom stereocenters. The summed E-state index contributed by atoms with van der Waals surface area (Å²) in [6, 6.07) is 8.52. The molecule has 1 saturated heterocycles. The Labute approximate surface area is 209 Å². The highest BCUT2D eigenvalue weighted by Crippen LogP contribution is 2.66. The average Bonchev–Trinajstić information content (AvgIpc) is 3.54. The molecule has 3 aliphatic carbocycles. The van der Waals surface area contributed by atoms with Crippen molar-refractivity contribution in [1.29, 1.82) is 0 Å². The van der Waals surface area contributed by atoms with Crippen LogP contribution in [0.2, 0.25) is 0 Å². The van der Waals surface area contributed by atoms with E-state index < -0.39 is 23.2 Å². The van der Waals surface area contributed by atoms with Crippen molar-refractivity contribution in [2.75, 3.05) is 13.1 Å². The van der Waals surface area contributed by atoms with Crippen LogP contribution in [0.5, 0.6) is 11.5 Å². The van der Waals surface area contributed by atoms with Gasteiger partial charge in [0.15, 0.2) is 11.5 Å². The summed E-state index contributed by atoms with van der Waals surface area (Å²) in [6.07, 6.45) is 4.30. The number of aromatic hydroxyl groups is 1. The first-order valence-electron chi connectivity index (χ1n) is 13.3. The fourth-order valence-electron chi connectivity index (χ4n) is 8.49. The van der Waals surface area contributed by atoms with Crippen molar-refractivity contribution in [2.45, 2.75) is 74.7 Å². The predicted molar refractivity (Wildman–Crippen MR) is 130 cm³/mol. The summed E-state index contributed by atoms with van der Waals surface area (Å²) >= 11 is 0. The molecule has 3 aliphatic heterocycles. The van der Waals surface area contributed by atoms with E-state index in [0.717, 1.165) is 36.2 Å². The van der Waals surface area contributed by atoms with Crippen molar-refractivity contribution in [1.82, 2.24) is 9.80 Å². The monoisotopic (exact) mass is 486 g/mol. The predicted octanol–water partition coefficient (Wildman–Crippen LogP) is 2.93. The molecule has 36 heavy (non-hydrogen) atoms. The quantitative estimate of drug-likeness (QED) is 0.649. The number of phenolic OH excluding ortho intramolecular Hbond substituents is 1. The highest BCUT2D eigenvalue weighted by atomic mass is 16.5. The van der Waals surface area contributed by atoms with Gasteiger partial charge in [0.2, 0.25) is 0 Å². The first kappa shape index (κ1) is 21.2. The van der Waals surface area contributed by atoms with E-state index >= 15 is 0 Å². The van der Waals surface area contributed by atoms with E-state index in [4.69, 9.17) is 4.74 Å². The smallest absolute Gasteiger partial charge is 0.262 e. The molecule has 186 valence electrons. The van der Waals surface area contributed by atoms with Crippen LogP contribution in [0.4, 0.5) is 0 Å². The molecule has 1 spiro atoms. The van der Waals surface area contributed by atoms with Crippen molar-refractivity contribution in [3.63, 3.8) is 0 Å². The number of imide groups is 1. The van der Waals surface area contributed by atoms with Gasteiger partial charge in [-0.1, -0.05) is 18.2 Å². The lowest BCUT2D eigenvalue weighted by Gasteiger charge is -2.64. The van der Waals surface area contributed by atoms with Crippen molar-refractivity contribution in [2.24, 2.45) is 5.92 Å². The molecule has 2 bridgehead atoms. The third kappa shape index (κ3) is 2.32. The van der Waals surface area contributed by atoms with Crippen LogP contribution in [-0.4, -0.2) is 68.7 Å². The zero-order chi connectivity index (χ0) is 24.6. The molecule has 2 unspecified atom stereocenters. The van der Waals surface area contributed by atoms with Crippen molar-refractivity contribution < 1.29 is 24.5 Å². The van der Waals surface area contributed by atoms with Gasteiger partial charge in [-0.25, -0.2) is 0 Å². The third-order valence-corrected chi connectivity index (χ3v) is 10.2. The molecule has 2 aromatic carbocycles. The number of aliphatic hydroxyl groups is 1. The van der Waals surface area contributed by atoms with Gasteiger partial charge >= 0.3 is 0 Å². The number of carbonyl (C=O) groups is 2. The topological polar surface area (TPSA) is 90.3 Å². The van der Waals surface area contributed by atoms with Gasteiger partial charge in [-0.3, -0.25) is 19.4 Å². The Morgan fingerprint density at radius 1 is 1.08 bits per heavy atom. The second kappa shape index (κ2) is 6.69. The number of hydrogen-bond donors (Lipinski definition) is 2. The Bertz CT molecular complexity index is 1370. The highest BCUT2D eigenvalue weighted by molar-refractivity contribution is 6.22. The molecule has 0 radical (unpaired) electrons. The molecule has 3 heterocycles. The number of nitrogens with zero attached hydrogens (tertiary/aromatic N) is 2. The van der Waals surface area contributed by atoms with Crippen LogP contribution in [0.3, 0.4) is 0 Å². The molecule has 2 N–H and O–H groups in total. The zero-order valence-electron chi connectivity index (χ0n) is 20.4. The minimum atomic E-state index is -1.04. The summed E-state index contributed by atoms with van der Waals surface area (Å²) in [5.74, 6) is 0.656. The van der Waals surface area contributed by atoms with E-state index in [1.807, 2.05) is 25.1 Å². The molecular formula is C29H30N2O5. The summed E-state index contributed by atoms with van der Waals surface area (Å²) in [6.45, 7) is 3.71. The number of phenols is 1. The maximum Gasteiger partial charge on any atom is 0.262 e. The van der Waals surface area contributed by atoms with Crippen LogP contribution >= 0.6 is 0 Å². The van der Waals surface area contributed by atoms with Gasteiger partial charge in [0.25, 0.3) is 11.8 Å². The summed E-state index contributed by atoms with van der Waals surface area (Å²) in [4.78, 5) is 31.2. The van der Waals surface area contributed by atoms with Crippen LogP contribution in [0.15, 0.2) is 30.3 Å². The Hall–Kier alpha value is -2.90. The number of ether oxygens (including phenoxy) is 1. The largest absolute Gasteiger partial charge is 0.504 e.